The number of nitrogens with zero attached hydrogens (tertiary/aromatic N) is 2. The summed E-state index contributed by atoms with van der Waals surface area (Å²) in [6, 6.07) is 4.36. The van der Waals surface area contributed by atoms with Crippen molar-refractivity contribution in [1.82, 2.24) is 10.3 Å². The molecule has 2 aromatic rings. The van der Waals surface area contributed by atoms with Crippen molar-refractivity contribution in [3.05, 3.63) is 44.3 Å². The van der Waals surface area contributed by atoms with E-state index >= 15 is 0 Å². The highest BCUT2D eigenvalue weighted by atomic mass is 79.9. The second-order valence-electron chi connectivity index (χ2n) is 5.22. The molecule has 2 rings (SSSR count). The summed E-state index contributed by atoms with van der Waals surface area (Å²) in [6.45, 7) is 7.05. The van der Waals surface area contributed by atoms with E-state index in [1.807, 2.05) is 13.1 Å². The average Bonchev–Trinajstić information content (AvgIpc) is 2.86. The van der Waals surface area contributed by atoms with Crippen LogP contribution in [0.15, 0.2) is 28.2 Å². The molecule has 5 heteroatoms. The molecular weight excluding hydrogens is 346 g/mol. The van der Waals surface area contributed by atoms with Crippen LogP contribution in [0.2, 0.25) is 0 Å². The van der Waals surface area contributed by atoms with Crippen LogP contribution in [0, 0.1) is 6.92 Å². The Labute approximate surface area is 139 Å². The summed E-state index contributed by atoms with van der Waals surface area (Å²) in [7, 11) is 2.14. The first-order valence-electron chi connectivity index (χ1n) is 7.20. The number of hydrogen-bond donors (Lipinski definition) is 1. The molecule has 2 aromatic heterocycles. The van der Waals surface area contributed by atoms with E-state index in [1.165, 1.54) is 16.1 Å². The van der Waals surface area contributed by atoms with Gasteiger partial charge in [0.05, 0.1) is 6.54 Å². The number of halogens is 1. The Balaban J connectivity index is 2.13. The molecule has 0 saturated heterocycles. The molecule has 114 valence electrons. The van der Waals surface area contributed by atoms with Crippen molar-refractivity contribution in [3.8, 4) is 0 Å². The second-order valence-corrected chi connectivity index (χ2v) is 7.13. The molecule has 0 aliphatic heterocycles. The Kier molecular flexibility index (Phi) is 6.21. The number of nitrogens with one attached hydrogen (secondary N) is 1. The second kappa shape index (κ2) is 7.92. The SMILES string of the molecule is CCCNCc1cnc(C)cc1N(C)Cc1cc(Br)cs1. The van der Waals surface area contributed by atoms with Crippen molar-refractivity contribution in [2.75, 3.05) is 18.5 Å². The number of aryl methyl sites for hydroxylation is 1. The standard InChI is InChI=1S/C16H22BrN3S/c1-4-5-18-8-13-9-19-12(2)6-16(13)20(3)10-15-7-14(17)11-21-15/h6-7,9,11,18H,4-5,8,10H2,1-3H3. The lowest BCUT2D eigenvalue weighted by Gasteiger charge is -2.22. The Morgan fingerprint density at radius 3 is 2.86 bits per heavy atom. The summed E-state index contributed by atoms with van der Waals surface area (Å²) in [5, 5.41) is 5.59. The smallest absolute Gasteiger partial charge is 0.0520 e. The largest absolute Gasteiger partial charge is 0.369 e. The third-order valence-electron chi connectivity index (χ3n) is 3.27. The highest BCUT2D eigenvalue weighted by Gasteiger charge is 2.10. The molecule has 0 saturated carbocycles. The molecule has 2 heterocycles. The van der Waals surface area contributed by atoms with Crippen molar-refractivity contribution in [2.45, 2.75) is 33.4 Å². The highest BCUT2D eigenvalue weighted by molar-refractivity contribution is 9.10. The Morgan fingerprint density at radius 1 is 1.38 bits per heavy atom. The molecule has 0 bridgehead atoms. The van der Waals surface area contributed by atoms with Crippen molar-refractivity contribution < 1.29 is 0 Å². The van der Waals surface area contributed by atoms with E-state index in [2.05, 4.69) is 62.6 Å². The van der Waals surface area contributed by atoms with Crippen LogP contribution in [0.5, 0.6) is 0 Å². The van der Waals surface area contributed by atoms with Gasteiger partial charge in [0.2, 0.25) is 0 Å². The molecule has 0 aliphatic rings. The number of pyridine rings is 1. The van der Waals surface area contributed by atoms with E-state index < -0.39 is 0 Å². The zero-order valence-corrected chi connectivity index (χ0v) is 15.2. The van der Waals surface area contributed by atoms with Gasteiger partial charge in [-0.2, -0.15) is 0 Å². The molecule has 21 heavy (non-hydrogen) atoms. The highest BCUT2D eigenvalue weighted by Crippen LogP contribution is 2.25. The van der Waals surface area contributed by atoms with Gasteiger partial charge >= 0.3 is 0 Å². The minimum atomic E-state index is 0.870. The van der Waals surface area contributed by atoms with Gasteiger partial charge in [0.1, 0.15) is 0 Å². The van der Waals surface area contributed by atoms with Gasteiger partial charge in [-0.1, -0.05) is 6.92 Å². The number of aromatic nitrogens is 1. The topological polar surface area (TPSA) is 28.2 Å². The predicted octanol–water partition coefficient (Wildman–Crippen LogP) is 4.35. The molecule has 0 radical (unpaired) electrons. The van der Waals surface area contributed by atoms with E-state index in [0.717, 1.165) is 36.2 Å². The predicted molar refractivity (Wildman–Crippen MR) is 95.1 cm³/mol. The zero-order chi connectivity index (χ0) is 15.2. The van der Waals surface area contributed by atoms with Gasteiger partial charge < -0.3 is 10.2 Å². The lowest BCUT2D eigenvalue weighted by molar-refractivity contribution is 0.672. The fourth-order valence-corrected chi connectivity index (χ4v) is 3.72. The quantitative estimate of drug-likeness (QED) is 0.737. The number of anilines is 1. The van der Waals surface area contributed by atoms with Crippen LogP contribution in [0.1, 0.15) is 29.5 Å². The first kappa shape index (κ1) is 16.5. The fraction of sp³-hybridized carbons (Fsp3) is 0.438. The van der Waals surface area contributed by atoms with Crippen molar-refractivity contribution in [1.29, 1.82) is 0 Å². The van der Waals surface area contributed by atoms with Gasteiger partial charge in [0.15, 0.2) is 0 Å². The maximum Gasteiger partial charge on any atom is 0.0520 e. The van der Waals surface area contributed by atoms with Gasteiger partial charge in [-0.05, 0) is 48.0 Å². The zero-order valence-electron chi connectivity index (χ0n) is 12.8. The van der Waals surface area contributed by atoms with Crippen LogP contribution in [0.4, 0.5) is 5.69 Å². The van der Waals surface area contributed by atoms with Crippen LogP contribution in [-0.4, -0.2) is 18.6 Å². The van der Waals surface area contributed by atoms with Gasteiger partial charge in [-0.15, -0.1) is 11.3 Å². The first-order chi connectivity index (χ1) is 10.1. The maximum atomic E-state index is 4.44. The van der Waals surface area contributed by atoms with E-state index in [4.69, 9.17) is 0 Å². The van der Waals surface area contributed by atoms with Gasteiger partial charge in [-0.25, -0.2) is 0 Å². The third-order valence-corrected chi connectivity index (χ3v) is 4.95. The van der Waals surface area contributed by atoms with Crippen LogP contribution in [0.25, 0.3) is 0 Å². The van der Waals surface area contributed by atoms with Crippen LogP contribution >= 0.6 is 27.3 Å². The molecule has 0 aromatic carbocycles. The van der Waals surface area contributed by atoms with Gasteiger partial charge in [0, 0.05) is 51.5 Å². The van der Waals surface area contributed by atoms with E-state index in [-0.39, 0.29) is 0 Å². The average molecular weight is 368 g/mol. The molecule has 0 amide bonds. The van der Waals surface area contributed by atoms with Crippen LogP contribution < -0.4 is 10.2 Å². The van der Waals surface area contributed by atoms with Crippen molar-refractivity contribution >= 4 is 33.0 Å². The molecule has 0 spiro atoms. The van der Waals surface area contributed by atoms with Crippen LogP contribution in [0.3, 0.4) is 0 Å². The lowest BCUT2D eigenvalue weighted by Crippen LogP contribution is -2.21. The summed E-state index contributed by atoms with van der Waals surface area (Å²) < 4.78 is 1.16. The number of thiophene rings is 1. The molecule has 0 fully saturated rings. The summed E-state index contributed by atoms with van der Waals surface area (Å²) in [5.74, 6) is 0. The van der Waals surface area contributed by atoms with E-state index in [1.54, 1.807) is 11.3 Å². The number of rotatable bonds is 7. The summed E-state index contributed by atoms with van der Waals surface area (Å²) in [4.78, 5) is 8.10. The molecule has 0 atom stereocenters. The van der Waals surface area contributed by atoms with E-state index in [0.29, 0.717) is 0 Å². The molecular formula is C16H22BrN3S. The van der Waals surface area contributed by atoms with Crippen LogP contribution in [-0.2, 0) is 13.1 Å². The van der Waals surface area contributed by atoms with Crippen molar-refractivity contribution in [3.63, 3.8) is 0 Å². The molecule has 0 aliphatic carbocycles. The third kappa shape index (κ3) is 4.80. The minimum Gasteiger partial charge on any atom is -0.369 e. The molecule has 1 N–H and O–H groups in total. The fourth-order valence-electron chi connectivity index (χ4n) is 2.22. The summed E-state index contributed by atoms with van der Waals surface area (Å²) in [5.41, 5.74) is 3.58. The Morgan fingerprint density at radius 2 is 2.19 bits per heavy atom. The Bertz CT molecular complexity index is 583. The first-order valence-corrected chi connectivity index (χ1v) is 8.87. The lowest BCUT2D eigenvalue weighted by atomic mass is 10.2. The van der Waals surface area contributed by atoms with Gasteiger partial charge in [0.25, 0.3) is 0 Å². The van der Waals surface area contributed by atoms with Gasteiger partial charge in [-0.3, -0.25) is 4.98 Å². The number of hydrogen-bond acceptors (Lipinski definition) is 4. The Hall–Kier alpha value is -0.910. The summed E-state index contributed by atoms with van der Waals surface area (Å²) >= 11 is 5.30. The molecule has 3 nitrogen and oxygen atoms in total. The maximum absolute atomic E-state index is 4.44. The molecule has 0 unspecified atom stereocenters. The van der Waals surface area contributed by atoms with Crippen molar-refractivity contribution in [2.24, 2.45) is 0 Å². The minimum absolute atomic E-state index is 0.870. The monoisotopic (exact) mass is 367 g/mol. The van der Waals surface area contributed by atoms with E-state index in [9.17, 15) is 0 Å². The summed E-state index contributed by atoms with van der Waals surface area (Å²) in [6.07, 6.45) is 3.14. The normalized spacial score (nSPS) is 10.9.